The topological polar surface area (TPSA) is 53.3 Å². The molecular formula is C14H15ClN2O2. The van der Waals surface area contributed by atoms with Gasteiger partial charge in [0.2, 0.25) is 0 Å². The van der Waals surface area contributed by atoms with Crippen LogP contribution in [0.5, 0.6) is 0 Å². The summed E-state index contributed by atoms with van der Waals surface area (Å²) in [5.74, 6) is -0.223. The molecule has 1 aromatic carbocycles. The fraction of sp³-hybridized carbons (Fsp3) is 0.429. The van der Waals surface area contributed by atoms with E-state index in [1.807, 2.05) is 4.90 Å². The molecule has 1 aliphatic rings. The van der Waals surface area contributed by atoms with Crippen LogP contribution in [0, 0.1) is 11.3 Å². The summed E-state index contributed by atoms with van der Waals surface area (Å²) in [6.45, 7) is 2.91. The SMILES string of the molecule is CCOC(=O)C1CCCN1c1ccc(Cl)cc1C#N. The summed E-state index contributed by atoms with van der Waals surface area (Å²) >= 11 is 5.89. The minimum absolute atomic E-state index is 0.223. The molecule has 4 nitrogen and oxygen atoms in total. The molecule has 0 amide bonds. The van der Waals surface area contributed by atoms with Gasteiger partial charge in [-0.15, -0.1) is 0 Å². The van der Waals surface area contributed by atoms with Crippen molar-refractivity contribution in [2.24, 2.45) is 0 Å². The summed E-state index contributed by atoms with van der Waals surface area (Å²) in [7, 11) is 0. The molecule has 5 heteroatoms. The molecule has 1 atom stereocenters. The number of halogens is 1. The van der Waals surface area contributed by atoms with E-state index in [4.69, 9.17) is 16.3 Å². The largest absolute Gasteiger partial charge is 0.464 e. The molecule has 1 aliphatic heterocycles. The van der Waals surface area contributed by atoms with Crippen molar-refractivity contribution in [1.29, 1.82) is 5.26 Å². The van der Waals surface area contributed by atoms with Gasteiger partial charge in [-0.1, -0.05) is 11.6 Å². The monoisotopic (exact) mass is 278 g/mol. The number of carbonyl (C=O) groups excluding carboxylic acids is 1. The zero-order valence-electron chi connectivity index (χ0n) is 10.7. The summed E-state index contributed by atoms with van der Waals surface area (Å²) in [4.78, 5) is 13.9. The molecule has 0 aromatic heterocycles. The van der Waals surface area contributed by atoms with Gasteiger partial charge in [-0.25, -0.2) is 4.79 Å². The smallest absolute Gasteiger partial charge is 0.328 e. The van der Waals surface area contributed by atoms with E-state index < -0.39 is 0 Å². The minimum Gasteiger partial charge on any atom is -0.464 e. The van der Waals surface area contributed by atoms with E-state index in [0.717, 1.165) is 25.1 Å². The highest BCUT2D eigenvalue weighted by Crippen LogP contribution is 2.30. The van der Waals surface area contributed by atoms with Gasteiger partial charge in [0.25, 0.3) is 0 Å². The third kappa shape index (κ3) is 2.82. The first-order chi connectivity index (χ1) is 9.17. The summed E-state index contributed by atoms with van der Waals surface area (Å²) < 4.78 is 5.09. The van der Waals surface area contributed by atoms with Crippen molar-refractivity contribution in [3.63, 3.8) is 0 Å². The highest BCUT2D eigenvalue weighted by Gasteiger charge is 2.33. The third-order valence-corrected chi connectivity index (χ3v) is 3.44. The Morgan fingerprint density at radius 1 is 1.63 bits per heavy atom. The molecule has 1 heterocycles. The summed E-state index contributed by atoms with van der Waals surface area (Å²) in [6.07, 6.45) is 1.67. The normalized spacial score (nSPS) is 18.2. The average molecular weight is 279 g/mol. The first kappa shape index (κ1) is 13.7. The standard InChI is InChI=1S/C14H15ClN2O2/c1-2-19-14(18)13-4-3-7-17(13)12-6-5-11(15)8-10(12)9-16/h5-6,8,13H,2-4,7H2,1H3. The van der Waals surface area contributed by atoms with Crippen LogP contribution >= 0.6 is 11.6 Å². The molecule has 0 spiro atoms. The predicted octanol–water partition coefficient (Wildman–Crippen LogP) is 2.74. The Morgan fingerprint density at radius 3 is 3.11 bits per heavy atom. The van der Waals surface area contributed by atoms with Gasteiger partial charge in [0.15, 0.2) is 0 Å². The molecule has 0 N–H and O–H groups in total. The van der Waals surface area contributed by atoms with E-state index in [0.29, 0.717) is 17.2 Å². The van der Waals surface area contributed by atoms with Gasteiger partial charge in [0.05, 0.1) is 17.9 Å². The van der Waals surface area contributed by atoms with Crippen LogP contribution in [-0.2, 0) is 9.53 Å². The van der Waals surface area contributed by atoms with Gasteiger partial charge in [-0.3, -0.25) is 0 Å². The van der Waals surface area contributed by atoms with E-state index in [1.165, 1.54) is 0 Å². The highest BCUT2D eigenvalue weighted by atomic mass is 35.5. The fourth-order valence-corrected chi connectivity index (χ4v) is 2.56. The maximum atomic E-state index is 11.9. The number of benzene rings is 1. The predicted molar refractivity (Wildman–Crippen MR) is 73.2 cm³/mol. The Labute approximate surface area is 117 Å². The minimum atomic E-state index is -0.298. The lowest BCUT2D eigenvalue weighted by Crippen LogP contribution is -2.37. The van der Waals surface area contributed by atoms with Crippen molar-refractivity contribution in [3.8, 4) is 6.07 Å². The molecule has 0 aliphatic carbocycles. The van der Waals surface area contributed by atoms with Gasteiger partial charge >= 0.3 is 5.97 Å². The van der Waals surface area contributed by atoms with Gasteiger partial charge in [0.1, 0.15) is 12.1 Å². The molecule has 1 fully saturated rings. The summed E-state index contributed by atoms with van der Waals surface area (Å²) in [6, 6.07) is 6.98. The molecule has 1 saturated heterocycles. The van der Waals surface area contributed by atoms with Crippen molar-refractivity contribution < 1.29 is 9.53 Å². The third-order valence-electron chi connectivity index (χ3n) is 3.20. The summed E-state index contributed by atoms with van der Waals surface area (Å²) in [5.41, 5.74) is 1.24. The second kappa shape index (κ2) is 5.94. The fourth-order valence-electron chi connectivity index (χ4n) is 2.39. The van der Waals surface area contributed by atoms with E-state index >= 15 is 0 Å². The van der Waals surface area contributed by atoms with Crippen molar-refractivity contribution in [2.45, 2.75) is 25.8 Å². The molecule has 19 heavy (non-hydrogen) atoms. The quantitative estimate of drug-likeness (QED) is 0.798. The van der Waals surface area contributed by atoms with Crippen LogP contribution in [0.3, 0.4) is 0 Å². The first-order valence-corrected chi connectivity index (χ1v) is 6.68. The molecule has 1 unspecified atom stereocenters. The van der Waals surface area contributed by atoms with Crippen LogP contribution in [0.1, 0.15) is 25.3 Å². The van der Waals surface area contributed by atoms with Crippen LogP contribution in [0.4, 0.5) is 5.69 Å². The lowest BCUT2D eigenvalue weighted by molar-refractivity contribution is -0.144. The maximum Gasteiger partial charge on any atom is 0.328 e. The van der Waals surface area contributed by atoms with Crippen molar-refractivity contribution in [3.05, 3.63) is 28.8 Å². The van der Waals surface area contributed by atoms with E-state index in [-0.39, 0.29) is 12.0 Å². The molecule has 1 aromatic rings. The van der Waals surface area contributed by atoms with Crippen LogP contribution in [0.25, 0.3) is 0 Å². The van der Waals surface area contributed by atoms with Gasteiger partial charge < -0.3 is 9.64 Å². The molecule has 0 bridgehead atoms. The highest BCUT2D eigenvalue weighted by molar-refractivity contribution is 6.30. The number of hydrogen-bond acceptors (Lipinski definition) is 4. The van der Waals surface area contributed by atoms with Gasteiger partial charge in [-0.05, 0) is 38.0 Å². The van der Waals surface area contributed by atoms with E-state index in [1.54, 1.807) is 25.1 Å². The lowest BCUT2D eigenvalue weighted by atomic mass is 10.1. The Bertz CT molecular complexity index is 525. The van der Waals surface area contributed by atoms with E-state index in [9.17, 15) is 10.1 Å². The van der Waals surface area contributed by atoms with Crippen molar-refractivity contribution in [2.75, 3.05) is 18.1 Å². The molecule has 100 valence electrons. The molecule has 0 saturated carbocycles. The number of hydrogen-bond donors (Lipinski definition) is 0. The number of anilines is 1. The van der Waals surface area contributed by atoms with Gasteiger partial charge in [0, 0.05) is 11.6 Å². The van der Waals surface area contributed by atoms with Crippen LogP contribution in [0.15, 0.2) is 18.2 Å². The van der Waals surface area contributed by atoms with Crippen LogP contribution < -0.4 is 4.90 Å². The molecule has 2 rings (SSSR count). The Morgan fingerprint density at radius 2 is 2.42 bits per heavy atom. The zero-order chi connectivity index (χ0) is 13.8. The Balaban J connectivity index is 2.30. The van der Waals surface area contributed by atoms with Crippen molar-refractivity contribution >= 4 is 23.3 Å². The number of esters is 1. The summed E-state index contributed by atoms with van der Waals surface area (Å²) in [5, 5.41) is 9.70. The number of rotatable bonds is 3. The van der Waals surface area contributed by atoms with E-state index in [2.05, 4.69) is 6.07 Å². The second-order valence-electron chi connectivity index (χ2n) is 4.38. The number of nitrogens with zero attached hydrogens (tertiary/aromatic N) is 2. The molecular weight excluding hydrogens is 264 g/mol. The Kier molecular flexibility index (Phi) is 4.28. The second-order valence-corrected chi connectivity index (χ2v) is 4.81. The Hall–Kier alpha value is -1.73. The average Bonchev–Trinajstić information content (AvgIpc) is 2.88. The molecule has 0 radical (unpaired) electrons. The van der Waals surface area contributed by atoms with Crippen molar-refractivity contribution in [1.82, 2.24) is 0 Å². The van der Waals surface area contributed by atoms with Crippen LogP contribution in [0.2, 0.25) is 5.02 Å². The number of nitriles is 1. The lowest BCUT2D eigenvalue weighted by Gasteiger charge is -2.26. The number of carbonyl (C=O) groups is 1. The number of ether oxygens (including phenoxy) is 1. The zero-order valence-corrected chi connectivity index (χ0v) is 11.5. The maximum absolute atomic E-state index is 11.9. The van der Waals surface area contributed by atoms with Gasteiger partial charge in [-0.2, -0.15) is 5.26 Å². The van der Waals surface area contributed by atoms with Crippen LogP contribution in [-0.4, -0.2) is 25.2 Å². The first-order valence-electron chi connectivity index (χ1n) is 6.30.